The highest BCUT2D eigenvalue weighted by atomic mass is 16.5. The first kappa shape index (κ1) is 74.6. The van der Waals surface area contributed by atoms with Gasteiger partial charge in [0.05, 0.1) is 25.4 Å². The van der Waals surface area contributed by atoms with E-state index in [0.717, 1.165) is 57.8 Å². The molecular formula is C71H131NO5. The van der Waals surface area contributed by atoms with E-state index in [9.17, 15) is 19.8 Å². The average molecular weight is 1080 g/mol. The van der Waals surface area contributed by atoms with Gasteiger partial charge in [0.1, 0.15) is 0 Å². The summed E-state index contributed by atoms with van der Waals surface area (Å²) < 4.78 is 5.50. The van der Waals surface area contributed by atoms with E-state index in [1.807, 2.05) is 6.08 Å². The summed E-state index contributed by atoms with van der Waals surface area (Å²) in [6.07, 6.45) is 87.1. The van der Waals surface area contributed by atoms with Crippen molar-refractivity contribution in [3.05, 3.63) is 60.8 Å². The molecule has 0 aromatic rings. The van der Waals surface area contributed by atoms with Gasteiger partial charge in [-0.05, 0) is 96.3 Å². The van der Waals surface area contributed by atoms with Crippen molar-refractivity contribution in [2.45, 2.75) is 366 Å². The molecule has 0 spiro atoms. The third kappa shape index (κ3) is 62.6. The van der Waals surface area contributed by atoms with Crippen LogP contribution in [0, 0.1) is 0 Å². The lowest BCUT2D eigenvalue weighted by molar-refractivity contribution is -0.143. The topological polar surface area (TPSA) is 95.9 Å². The van der Waals surface area contributed by atoms with E-state index in [2.05, 4.69) is 67.8 Å². The Bertz CT molecular complexity index is 1340. The molecule has 0 radical (unpaired) electrons. The van der Waals surface area contributed by atoms with Crippen molar-refractivity contribution in [2.24, 2.45) is 0 Å². The van der Waals surface area contributed by atoms with Gasteiger partial charge in [0, 0.05) is 12.8 Å². The van der Waals surface area contributed by atoms with E-state index >= 15 is 0 Å². The Morgan fingerprint density at radius 3 is 1.01 bits per heavy atom. The molecule has 0 aliphatic rings. The zero-order chi connectivity index (χ0) is 55.7. The minimum atomic E-state index is -0.850. The van der Waals surface area contributed by atoms with Gasteiger partial charge in [0.2, 0.25) is 5.91 Å². The number of unbranched alkanes of at least 4 members (excludes halogenated alkanes) is 44. The van der Waals surface area contributed by atoms with E-state index in [0.29, 0.717) is 19.4 Å². The van der Waals surface area contributed by atoms with E-state index in [1.165, 1.54) is 270 Å². The quantitative estimate of drug-likeness (QED) is 0.0320. The predicted octanol–water partition coefficient (Wildman–Crippen LogP) is 21.9. The molecule has 6 nitrogen and oxygen atoms in total. The number of hydrogen-bond acceptors (Lipinski definition) is 5. The molecule has 0 aromatic carbocycles. The predicted molar refractivity (Wildman–Crippen MR) is 338 cm³/mol. The maximum absolute atomic E-state index is 12.5. The Morgan fingerprint density at radius 1 is 0.364 bits per heavy atom. The minimum absolute atomic E-state index is 0.00456. The van der Waals surface area contributed by atoms with Crippen molar-refractivity contribution < 1.29 is 24.5 Å². The molecule has 1 amide bonds. The molecule has 2 unspecified atom stereocenters. The van der Waals surface area contributed by atoms with Crippen LogP contribution in [-0.4, -0.2) is 47.4 Å². The smallest absolute Gasteiger partial charge is 0.305 e. The number of nitrogens with one attached hydrogen (secondary N) is 1. The van der Waals surface area contributed by atoms with E-state index in [-0.39, 0.29) is 18.5 Å². The van der Waals surface area contributed by atoms with Gasteiger partial charge >= 0.3 is 5.97 Å². The molecule has 0 saturated heterocycles. The zero-order valence-corrected chi connectivity index (χ0v) is 51.4. The third-order valence-electron chi connectivity index (χ3n) is 15.5. The summed E-state index contributed by atoms with van der Waals surface area (Å²) in [5.74, 6) is -0.0685. The maximum atomic E-state index is 12.5. The summed E-state index contributed by atoms with van der Waals surface area (Å²) in [6, 6.07) is -0.634. The Labute approximate surface area is 479 Å². The molecule has 0 aliphatic carbocycles. The summed E-state index contributed by atoms with van der Waals surface area (Å²) in [6.45, 7) is 4.89. The fourth-order valence-electron chi connectivity index (χ4n) is 10.3. The van der Waals surface area contributed by atoms with Crippen LogP contribution in [-0.2, 0) is 14.3 Å². The highest BCUT2D eigenvalue weighted by molar-refractivity contribution is 5.76. The number of esters is 1. The van der Waals surface area contributed by atoms with Crippen LogP contribution in [0.5, 0.6) is 0 Å². The summed E-state index contributed by atoms with van der Waals surface area (Å²) in [4.78, 5) is 24.6. The van der Waals surface area contributed by atoms with Crippen LogP contribution in [0.15, 0.2) is 60.8 Å². The van der Waals surface area contributed by atoms with E-state index in [4.69, 9.17) is 4.74 Å². The largest absolute Gasteiger partial charge is 0.466 e. The number of ether oxygens (including phenoxy) is 1. The molecule has 0 bridgehead atoms. The van der Waals surface area contributed by atoms with Gasteiger partial charge in [0.25, 0.3) is 0 Å². The molecule has 0 aromatic heterocycles. The Kier molecular flexibility index (Phi) is 64.0. The first-order valence-electron chi connectivity index (χ1n) is 34.1. The summed E-state index contributed by atoms with van der Waals surface area (Å²) >= 11 is 0. The van der Waals surface area contributed by atoms with Gasteiger partial charge in [-0.2, -0.15) is 0 Å². The van der Waals surface area contributed by atoms with Crippen molar-refractivity contribution in [3.63, 3.8) is 0 Å². The number of hydrogen-bond donors (Lipinski definition) is 3. The molecule has 77 heavy (non-hydrogen) atoms. The Morgan fingerprint density at radius 2 is 0.649 bits per heavy atom. The molecule has 2 atom stereocenters. The van der Waals surface area contributed by atoms with Crippen molar-refractivity contribution >= 4 is 11.9 Å². The van der Waals surface area contributed by atoms with Crippen LogP contribution in [0.2, 0.25) is 0 Å². The van der Waals surface area contributed by atoms with Crippen LogP contribution in [0.3, 0.4) is 0 Å². The number of allylic oxidation sites excluding steroid dienone is 9. The average Bonchev–Trinajstić information content (AvgIpc) is 3.43. The van der Waals surface area contributed by atoms with E-state index < -0.39 is 12.1 Å². The second kappa shape index (κ2) is 66.1. The SMILES string of the molecule is CCCCC/C=C\C/C=C\CCCCCCCCCCCC(=O)OCCCCCCCCCCC/C=C\C/C=C\CCCCCCCCCCCC(=O)NC(CO)C(O)/C=C/CCCCCCCCCCCCCCCC. The molecule has 0 fully saturated rings. The number of aliphatic hydroxyl groups excluding tert-OH is 2. The standard InChI is InChI=1S/C71H131NO5/c1-3-5-7-9-11-13-15-17-19-21-29-33-37-41-45-49-53-57-61-65-71(76)77-66-62-58-54-50-46-42-38-34-31-28-26-24-22-23-25-27-30-32-36-40-44-48-52-56-60-64-70(75)72-68(67-73)69(74)63-59-55-51-47-43-39-35-20-18-16-14-12-10-8-6-4-2/h11,13,17,19,23-26,59,63,68-69,73-74H,3-10,12,14-16,18,20-22,27-58,60-62,64-67H2,1-2H3,(H,72,75)/b13-11-,19-17-,25-23-,26-24-,63-59+. The number of carbonyl (C=O) groups excluding carboxylic acids is 2. The highest BCUT2D eigenvalue weighted by Crippen LogP contribution is 2.17. The monoisotopic (exact) mass is 1080 g/mol. The number of aliphatic hydroxyl groups is 2. The third-order valence-corrected chi connectivity index (χ3v) is 15.5. The second-order valence-electron chi connectivity index (χ2n) is 23.1. The van der Waals surface area contributed by atoms with Crippen molar-refractivity contribution in [3.8, 4) is 0 Å². The molecule has 0 aliphatic heterocycles. The number of amides is 1. The number of carbonyl (C=O) groups is 2. The van der Waals surface area contributed by atoms with Gasteiger partial charge in [0.15, 0.2) is 0 Å². The van der Waals surface area contributed by atoms with Gasteiger partial charge in [-0.25, -0.2) is 0 Å². The molecule has 6 heteroatoms. The lowest BCUT2D eigenvalue weighted by Crippen LogP contribution is -2.45. The van der Waals surface area contributed by atoms with Gasteiger partial charge in [-0.3, -0.25) is 9.59 Å². The Balaban J connectivity index is 3.45. The second-order valence-corrected chi connectivity index (χ2v) is 23.1. The Hall–Kier alpha value is -2.44. The first-order valence-corrected chi connectivity index (χ1v) is 34.1. The first-order chi connectivity index (χ1) is 38.0. The molecule has 0 saturated carbocycles. The summed E-state index contributed by atoms with van der Waals surface area (Å²) in [7, 11) is 0. The van der Waals surface area contributed by atoms with Crippen molar-refractivity contribution in [1.29, 1.82) is 0 Å². The highest BCUT2D eigenvalue weighted by Gasteiger charge is 2.18. The number of rotatable bonds is 63. The van der Waals surface area contributed by atoms with Crippen LogP contribution >= 0.6 is 0 Å². The van der Waals surface area contributed by atoms with Crippen LogP contribution in [0.1, 0.15) is 354 Å². The molecule has 0 rings (SSSR count). The van der Waals surface area contributed by atoms with Gasteiger partial charge in [-0.1, -0.05) is 306 Å². The zero-order valence-electron chi connectivity index (χ0n) is 51.4. The fraction of sp³-hybridized carbons (Fsp3) is 0.831. The maximum Gasteiger partial charge on any atom is 0.305 e. The lowest BCUT2D eigenvalue weighted by Gasteiger charge is -2.20. The van der Waals surface area contributed by atoms with Crippen molar-refractivity contribution in [1.82, 2.24) is 5.32 Å². The van der Waals surface area contributed by atoms with Crippen LogP contribution in [0.25, 0.3) is 0 Å². The summed E-state index contributed by atoms with van der Waals surface area (Å²) in [5, 5.41) is 23.2. The fourth-order valence-corrected chi connectivity index (χ4v) is 10.3. The van der Waals surface area contributed by atoms with E-state index in [1.54, 1.807) is 6.08 Å². The summed E-state index contributed by atoms with van der Waals surface area (Å²) in [5.41, 5.74) is 0. The molecule has 3 N–H and O–H groups in total. The normalized spacial score (nSPS) is 12.9. The van der Waals surface area contributed by atoms with Crippen LogP contribution in [0.4, 0.5) is 0 Å². The van der Waals surface area contributed by atoms with Crippen molar-refractivity contribution in [2.75, 3.05) is 13.2 Å². The molecule has 0 heterocycles. The lowest BCUT2D eigenvalue weighted by atomic mass is 10.0. The van der Waals surface area contributed by atoms with Crippen LogP contribution < -0.4 is 5.32 Å². The minimum Gasteiger partial charge on any atom is -0.466 e. The molecular weight excluding hydrogens is 947 g/mol. The molecule has 450 valence electrons. The van der Waals surface area contributed by atoms with Gasteiger partial charge in [-0.15, -0.1) is 0 Å². The van der Waals surface area contributed by atoms with Gasteiger partial charge < -0.3 is 20.3 Å².